The molecular weight excluding hydrogens is 714 g/mol. The molecule has 25 heteroatoms. The van der Waals surface area contributed by atoms with Gasteiger partial charge in [-0.2, -0.15) is 31.1 Å². The summed E-state index contributed by atoms with van der Waals surface area (Å²) in [6.07, 6.45) is 10.0. The lowest BCUT2D eigenvalue weighted by Gasteiger charge is -2.08. The maximum absolute atomic E-state index is 12.8. The number of imidazole rings is 2. The van der Waals surface area contributed by atoms with Crippen LogP contribution in [0.15, 0.2) is 86.0 Å². The van der Waals surface area contributed by atoms with Crippen molar-refractivity contribution in [2.24, 2.45) is 0 Å². The monoisotopic (exact) mass is 732 g/mol. The number of benzene rings is 2. The molecule has 4 rings (SSSR count). The molecule has 0 saturated heterocycles. The van der Waals surface area contributed by atoms with E-state index in [0.29, 0.717) is 13.1 Å². The van der Waals surface area contributed by atoms with Crippen LogP contribution in [-0.4, -0.2) is 62.0 Å². The first kappa shape index (κ1) is 38.9. The minimum Gasteiger partial charge on any atom is -0.741 e. The number of non-ortho nitro benzene ring substituents is 2. The van der Waals surface area contributed by atoms with Crippen LogP contribution < -0.4 is 9.13 Å². The standard InChI is InChI=1S/C21H18N6O5.2CHF3O3S/c28-21(24-11-9-22(15-24)13-17-1-5-19(6-2-17)26(29)30)25-12-10-23(16-25)14-18-3-7-20(8-4-18)27(31)32;2*2-1(3,4)8(5,6)7/h1-12,15-16H,13-14H2;2*(H,5,6,7)/q+2;;/p-2. The Kier molecular flexibility index (Phi) is 12.2. The van der Waals surface area contributed by atoms with E-state index >= 15 is 0 Å². The number of hydrogen-bond acceptors (Lipinski definition) is 11. The summed E-state index contributed by atoms with van der Waals surface area (Å²) in [6.45, 7) is 0.925. The van der Waals surface area contributed by atoms with Gasteiger partial charge in [-0.3, -0.25) is 20.2 Å². The van der Waals surface area contributed by atoms with Gasteiger partial charge in [0.05, 0.1) is 9.85 Å². The van der Waals surface area contributed by atoms with E-state index in [4.69, 9.17) is 25.9 Å². The Morgan fingerprint density at radius 3 is 1.15 bits per heavy atom. The zero-order valence-corrected chi connectivity index (χ0v) is 24.9. The van der Waals surface area contributed by atoms with Gasteiger partial charge in [-0.1, -0.05) is 0 Å². The van der Waals surface area contributed by atoms with E-state index in [2.05, 4.69) is 0 Å². The smallest absolute Gasteiger partial charge is 0.513 e. The molecule has 0 saturated carbocycles. The van der Waals surface area contributed by atoms with Crippen LogP contribution in [0.4, 0.5) is 42.5 Å². The lowest BCUT2D eigenvalue weighted by Crippen LogP contribution is -2.33. The van der Waals surface area contributed by atoms with Gasteiger partial charge in [0, 0.05) is 24.3 Å². The lowest BCUT2D eigenvalue weighted by atomic mass is 10.2. The van der Waals surface area contributed by atoms with Crippen molar-refractivity contribution in [2.75, 3.05) is 0 Å². The van der Waals surface area contributed by atoms with Crippen molar-refractivity contribution < 1.29 is 76.1 Å². The number of nitro groups is 2. The maximum Gasteiger partial charge on any atom is 0.513 e. The molecule has 0 aliphatic carbocycles. The Morgan fingerprint density at radius 2 is 0.917 bits per heavy atom. The average Bonchev–Trinajstić information content (AvgIpc) is 3.62. The molecule has 260 valence electrons. The van der Waals surface area contributed by atoms with Gasteiger partial charge in [0.2, 0.25) is 0 Å². The van der Waals surface area contributed by atoms with E-state index in [9.17, 15) is 51.4 Å². The number of aromatic nitrogens is 4. The molecule has 2 heterocycles. The molecule has 17 nitrogen and oxygen atoms in total. The van der Waals surface area contributed by atoms with Gasteiger partial charge in [-0.05, 0) is 35.4 Å². The molecule has 0 bridgehead atoms. The van der Waals surface area contributed by atoms with E-state index in [1.165, 1.54) is 33.4 Å². The fourth-order valence-electron chi connectivity index (χ4n) is 3.20. The maximum atomic E-state index is 12.8. The molecule has 2 aromatic heterocycles. The van der Waals surface area contributed by atoms with Crippen molar-refractivity contribution in [3.63, 3.8) is 0 Å². The van der Waals surface area contributed by atoms with Gasteiger partial charge in [0.15, 0.2) is 20.2 Å². The second-order valence-corrected chi connectivity index (χ2v) is 11.7. The molecular formula is C23H18F6N6O11S2. The summed E-state index contributed by atoms with van der Waals surface area (Å²) in [5.41, 5.74) is -9.50. The largest absolute Gasteiger partial charge is 0.741 e. The van der Waals surface area contributed by atoms with Crippen molar-refractivity contribution in [3.05, 3.63) is 117 Å². The van der Waals surface area contributed by atoms with E-state index in [1.807, 2.05) is 0 Å². The highest BCUT2D eigenvalue weighted by Gasteiger charge is 2.37. The normalized spacial score (nSPS) is 11.8. The Hall–Kier alpha value is -5.27. The van der Waals surface area contributed by atoms with Crippen molar-refractivity contribution in [3.8, 4) is 0 Å². The van der Waals surface area contributed by atoms with E-state index in [1.54, 1.807) is 70.8 Å². The summed E-state index contributed by atoms with van der Waals surface area (Å²) >= 11 is 0. The summed E-state index contributed by atoms with van der Waals surface area (Å²) in [7, 11) is -12.2. The van der Waals surface area contributed by atoms with Gasteiger partial charge in [-0.15, -0.1) is 9.13 Å². The van der Waals surface area contributed by atoms with Gasteiger partial charge < -0.3 is 9.11 Å². The summed E-state index contributed by atoms with van der Waals surface area (Å²) in [4.78, 5) is 33.4. The lowest BCUT2D eigenvalue weighted by molar-refractivity contribution is -0.687. The zero-order chi connectivity index (χ0) is 36.7. The van der Waals surface area contributed by atoms with Crippen LogP contribution in [0.1, 0.15) is 11.1 Å². The third kappa shape index (κ3) is 11.5. The molecule has 4 aromatic rings. The van der Waals surface area contributed by atoms with Gasteiger partial charge in [-0.25, -0.2) is 26.0 Å². The molecule has 0 atom stereocenters. The molecule has 48 heavy (non-hydrogen) atoms. The highest BCUT2D eigenvalue weighted by Crippen LogP contribution is 2.21. The molecule has 2 aromatic carbocycles. The minimum absolute atomic E-state index is 0.0288. The summed E-state index contributed by atoms with van der Waals surface area (Å²) < 4.78 is 124. The number of hydrogen-bond donors (Lipinski definition) is 0. The third-order valence-electron chi connectivity index (χ3n) is 5.42. The SMILES string of the molecule is O=C(n1cc[n+](Cc2ccc([N+](=O)[O-])cc2)c1)n1cc[n+](Cc2ccc([N+](=O)[O-])cc2)c1.O=S(=O)([O-])C(F)(F)F.O=S(=O)([O-])C(F)(F)F. The predicted molar refractivity (Wildman–Crippen MR) is 141 cm³/mol. The molecule has 0 aliphatic rings. The predicted octanol–water partition coefficient (Wildman–Crippen LogP) is 2.40. The number of halogens is 6. The van der Waals surface area contributed by atoms with Crippen molar-refractivity contribution >= 4 is 37.6 Å². The van der Waals surface area contributed by atoms with Crippen molar-refractivity contribution in [2.45, 2.75) is 24.1 Å². The molecule has 0 amide bonds. The first-order valence-electron chi connectivity index (χ1n) is 12.1. The van der Waals surface area contributed by atoms with Crippen LogP contribution in [0, 0.1) is 20.2 Å². The van der Waals surface area contributed by atoms with Gasteiger partial charge in [0.1, 0.15) is 37.9 Å². The summed E-state index contributed by atoms with van der Waals surface area (Å²) in [6, 6.07) is 12.2. The van der Waals surface area contributed by atoms with Crippen molar-refractivity contribution in [1.82, 2.24) is 9.13 Å². The van der Waals surface area contributed by atoms with E-state index < -0.39 is 41.1 Å². The first-order valence-corrected chi connectivity index (χ1v) is 14.9. The fourth-order valence-corrected chi connectivity index (χ4v) is 3.20. The Morgan fingerprint density at radius 1 is 0.646 bits per heavy atom. The van der Waals surface area contributed by atoms with Crippen LogP contribution in [0.25, 0.3) is 0 Å². The topological polar surface area (TPSA) is 235 Å². The summed E-state index contributed by atoms with van der Waals surface area (Å²) in [5, 5.41) is 21.5. The minimum atomic E-state index is -6.09. The quantitative estimate of drug-likeness (QED) is 0.0697. The summed E-state index contributed by atoms with van der Waals surface area (Å²) in [5.74, 6) is 0. The number of nitro benzene ring substituents is 2. The first-order chi connectivity index (χ1) is 21.9. The third-order valence-corrected chi connectivity index (χ3v) is 6.55. The highest BCUT2D eigenvalue weighted by molar-refractivity contribution is 7.86. The Balaban J connectivity index is 0.000000414. The van der Waals surface area contributed by atoms with Crippen molar-refractivity contribution in [1.29, 1.82) is 0 Å². The number of nitrogens with zero attached hydrogens (tertiary/aromatic N) is 6. The van der Waals surface area contributed by atoms with E-state index in [0.717, 1.165) is 11.1 Å². The van der Waals surface area contributed by atoms with Crippen LogP contribution in [0.3, 0.4) is 0 Å². The second-order valence-electron chi connectivity index (χ2n) is 8.92. The molecule has 0 aliphatic heterocycles. The van der Waals surface area contributed by atoms with Crippen LogP contribution in [0.5, 0.6) is 0 Å². The van der Waals surface area contributed by atoms with Crippen LogP contribution in [0.2, 0.25) is 0 Å². The average molecular weight is 733 g/mol. The van der Waals surface area contributed by atoms with Gasteiger partial charge >= 0.3 is 17.0 Å². The Labute approximate surface area is 264 Å². The molecule has 0 unspecified atom stereocenters. The highest BCUT2D eigenvalue weighted by atomic mass is 32.2. The number of alkyl halides is 6. The van der Waals surface area contributed by atoms with Gasteiger partial charge in [0.25, 0.3) is 24.0 Å². The number of carbonyl (C=O) groups excluding carboxylic acids is 1. The number of rotatable bonds is 6. The fraction of sp³-hybridized carbons (Fsp3) is 0.174. The molecule has 0 radical (unpaired) electrons. The molecule has 0 spiro atoms. The van der Waals surface area contributed by atoms with Crippen LogP contribution in [-0.2, 0) is 33.3 Å². The Bertz CT molecular complexity index is 1830. The van der Waals surface area contributed by atoms with Crippen LogP contribution >= 0.6 is 0 Å². The second kappa shape index (κ2) is 15.1. The molecule has 0 N–H and O–H groups in total. The molecule has 0 fully saturated rings. The van der Waals surface area contributed by atoms with E-state index in [-0.39, 0.29) is 17.4 Å². The zero-order valence-electron chi connectivity index (χ0n) is 23.3. The number of carbonyl (C=O) groups is 1.